The molecule has 0 radical (unpaired) electrons. The van der Waals surface area contributed by atoms with Gasteiger partial charge in [0.05, 0.1) is 11.5 Å². The first-order valence-corrected chi connectivity index (χ1v) is 8.42. The highest BCUT2D eigenvalue weighted by Gasteiger charge is 2.30. The van der Waals surface area contributed by atoms with Gasteiger partial charge in [-0.1, -0.05) is 53.7 Å². The number of amides is 1. The summed E-state index contributed by atoms with van der Waals surface area (Å²) < 4.78 is 0. The van der Waals surface area contributed by atoms with Crippen LogP contribution in [0.2, 0.25) is 0 Å². The molecule has 0 spiro atoms. The number of hydrogen-bond acceptors (Lipinski definition) is 5. The number of nitrogens with zero attached hydrogens (tertiary/aromatic N) is 2. The quantitative estimate of drug-likeness (QED) is 0.664. The Morgan fingerprint density at radius 2 is 1.96 bits per heavy atom. The molecule has 0 saturated carbocycles. The van der Waals surface area contributed by atoms with Gasteiger partial charge in [-0.15, -0.1) is 5.10 Å². The summed E-state index contributed by atoms with van der Waals surface area (Å²) in [5.41, 5.74) is 2.89. The predicted molar refractivity (Wildman–Crippen MR) is 97.5 cm³/mol. The molecule has 0 unspecified atom stereocenters. The summed E-state index contributed by atoms with van der Waals surface area (Å²) in [5, 5.41) is 20.6. The molecule has 1 aliphatic heterocycles. The van der Waals surface area contributed by atoms with Crippen LogP contribution in [-0.4, -0.2) is 27.6 Å². The third-order valence-electron chi connectivity index (χ3n) is 3.60. The average Bonchev–Trinajstić information content (AvgIpc) is 2.91. The molecule has 2 aromatic carbocycles. The van der Waals surface area contributed by atoms with E-state index in [2.05, 4.69) is 15.5 Å². The third-order valence-corrected chi connectivity index (χ3v) is 4.67. The van der Waals surface area contributed by atoms with Crippen LogP contribution in [0.3, 0.4) is 0 Å². The number of benzene rings is 2. The highest BCUT2D eigenvalue weighted by molar-refractivity contribution is 8.15. The van der Waals surface area contributed by atoms with Crippen LogP contribution in [-0.2, 0) is 11.2 Å². The summed E-state index contributed by atoms with van der Waals surface area (Å²) in [7, 11) is 0. The molecule has 1 fully saturated rings. The van der Waals surface area contributed by atoms with Gasteiger partial charge in [0.15, 0.2) is 5.17 Å². The van der Waals surface area contributed by atoms with Crippen molar-refractivity contribution < 1.29 is 9.90 Å². The monoisotopic (exact) mass is 339 g/mol. The van der Waals surface area contributed by atoms with Gasteiger partial charge in [-0.3, -0.25) is 4.79 Å². The maximum atomic E-state index is 12.0. The van der Waals surface area contributed by atoms with Gasteiger partial charge in [-0.2, -0.15) is 5.10 Å². The summed E-state index contributed by atoms with van der Waals surface area (Å²) >= 11 is 1.37. The second kappa shape index (κ2) is 7.31. The smallest absolute Gasteiger partial charge is 0.239 e. The molecule has 2 aromatic rings. The maximum absolute atomic E-state index is 12.0. The average molecular weight is 339 g/mol. The zero-order valence-corrected chi connectivity index (χ0v) is 14.0. The van der Waals surface area contributed by atoms with Gasteiger partial charge in [-0.05, 0) is 31.0 Å². The lowest BCUT2D eigenvalue weighted by molar-refractivity contribution is -0.118. The number of phenolic OH excluding ortho intramolecular Hbond substituents is 1. The Morgan fingerprint density at radius 3 is 2.71 bits per heavy atom. The number of rotatable bonds is 4. The molecule has 5 nitrogen and oxygen atoms in total. The Balaban J connectivity index is 1.63. The van der Waals surface area contributed by atoms with Crippen molar-refractivity contribution in [2.24, 2.45) is 10.2 Å². The first-order chi connectivity index (χ1) is 11.6. The van der Waals surface area contributed by atoms with Crippen LogP contribution in [0.15, 0.2) is 58.7 Å². The van der Waals surface area contributed by atoms with Crippen molar-refractivity contribution in [3.63, 3.8) is 0 Å². The van der Waals surface area contributed by atoms with Crippen molar-refractivity contribution in [1.29, 1.82) is 0 Å². The lowest BCUT2D eigenvalue weighted by Crippen LogP contribution is -2.25. The number of hydrogen-bond donors (Lipinski definition) is 2. The second-order valence-electron chi connectivity index (χ2n) is 5.49. The molecule has 122 valence electrons. The number of thioether (sulfide) groups is 1. The standard InChI is InChI=1S/C18H17N3O2S/c1-12-6-8-13(9-7-12)10-16-17(23)20-18(24-16)21-19-11-14-4-2-3-5-15(14)22/h2-9,11,16,22H,10H2,1H3,(H,20,21,23)/t16-/m1/s1. The van der Waals surface area contributed by atoms with Gasteiger partial charge >= 0.3 is 0 Å². The number of carbonyl (C=O) groups excluding carboxylic acids is 1. The highest BCUT2D eigenvalue weighted by Crippen LogP contribution is 2.23. The van der Waals surface area contributed by atoms with Crippen LogP contribution >= 0.6 is 11.8 Å². The summed E-state index contributed by atoms with van der Waals surface area (Å²) in [4.78, 5) is 12.0. The van der Waals surface area contributed by atoms with E-state index in [0.29, 0.717) is 17.2 Å². The first kappa shape index (κ1) is 16.3. The fraction of sp³-hybridized carbons (Fsp3) is 0.167. The van der Waals surface area contributed by atoms with Crippen LogP contribution in [0, 0.1) is 6.92 Å². The van der Waals surface area contributed by atoms with Crippen molar-refractivity contribution in [3.8, 4) is 5.75 Å². The van der Waals surface area contributed by atoms with Crippen molar-refractivity contribution in [2.75, 3.05) is 0 Å². The molecule has 24 heavy (non-hydrogen) atoms. The Morgan fingerprint density at radius 1 is 1.21 bits per heavy atom. The van der Waals surface area contributed by atoms with E-state index in [9.17, 15) is 9.90 Å². The summed E-state index contributed by atoms with van der Waals surface area (Å²) in [5.74, 6) is 0.0823. The summed E-state index contributed by atoms with van der Waals surface area (Å²) in [6, 6.07) is 15.0. The van der Waals surface area contributed by atoms with Gasteiger partial charge < -0.3 is 10.4 Å². The minimum Gasteiger partial charge on any atom is -0.507 e. The highest BCUT2D eigenvalue weighted by atomic mass is 32.2. The third kappa shape index (κ3) is 4.02. The molecule has 0 aromatic heterocycles. The summed E-state index contributed by atoms with van der Waals surface area (Å²) in [6.07, 6.45) is 2.11. The van der Waals surface area contributed by atoms with Gasteiger partial charge in [0.25, 0.3) is 0 Å². The molecule has 6 heteroatoms. The van der Waals surface area contributed by atoms with Gasteiger partial charge in [0.1, 0.15) is 5.75 Å². The van der Waals surface area contributed by atoms with E-state index < -0.39 is 0 Å². The van der Waals surface area contributed by atoms with Gasteiger partial charge in [0, 0.05) is 5.56 Å². The van der Waals surface area contributed by atoms with E-state index in [0.717, 1.165) is 5.56 Å². The fourth-order valence-electron chi connectivity index (χ4n) is 2.26. The molecule has 3 rings (SSSR count). The van der Waals surface area contributed by atoms with Crippen molar-refractivity contribution >= 4 is 29.1 Å². The Hall–Kier alpha value is -2.60. The molecule has 2 N–H and O–H groups in total. The summed E-state index contributed by atoms with van der Waals surface area (Å²) in [6.45, 7) is 2.04. The van der Waals surface area contributed by atoms with Crippen LogP contribution in [0.25, 0.3) is 0 Å². The number of para-hydroxylation sites is 1. The van der Waals surface area contributed by atoms with Crippen LogP contribution in [0.4, 0.5) is 0 Å². The molecule has 1 amide bonds. The normalized spacial score (nSPS) is 19.1. The van der Waals surface area contributed by atoms with E-state index in [4.69, 9.17) is 0 Å². The van der Waals surface area contributed by atoms with Crippen molar-refractivity contribution in [3.05, 3.63) is 65.2 Å². The van der Waals surface area contributed by atoms with E-state index in [1.807, 2.05) is 31.2 Å². The van der Waals surface area contributed by atoms with Crippen LogP contribution < -0.4 is 5.32 Å². The molecule has 1 heterocycles. The predicted octanol–water partition coefficient (Wildman–Crippen LogP) is 2.86. The lowest BCUT2D eigenvalue weighted by Gasteiger charge is -2.05. The zero-order valence-electron chi connectivity index (χ0n) is 13.1. The molecule has 0 aliphatic carbocycles. The molecular weight excluding hydrogens is 322 g/mol. The molecule has 0 bridgehead atoms. The van der Waals surface area contributed by atoms with E-state index >= 15 is 0 Å². The topological polar surface area (TPSA) is 74.1 Å². The van der Waals surface area contributed by atoms with Gasteiger partial charge in [0.2, 0.25) is 5.91 Å². The lowest BCUT2D eigenvalue weighted by atomic mass is 10.1. The Labute approximate surface area is 144 Å². The van der Waals surface area contributed by atoms with Crippen molar-refractivity contribution in [1.82, 2.24) is 5.32 Å². The van der Waals surface area contributed by atoms with Gasteiger partial charge in [-0.25, -0.2) is 0 Å². The first-order valence-electron chi connectivity index (χ1n) is 7.54. The second-order valence-corrected chi connectivity index (χ2v) is 6.69. The fourth-order valence-corrected chi connectivity index (χ4v) is 3.23. The maximum Gasteiger partial charge on any atom is 0.239 e. The number of nitrogens with one attached hydrogen (secondary N) is 1. The number of amidine groups is 1. The molecule has 1 saturated heterocycles. The minimum atomic E-state index is -0.202. The number of aromatic hydroxyl groups is 1. The number of carbonyl (C=O) groups is 1. The molecular formula is C18H17N3O2S. The number of phenols is 1. The van der Waals surface area contributed by atoms with Crippen LogP contribution in [0.5, 0.6) is 5.75 Å². The molecule has 1 aliphatic rings. The van der Waals surface area contributed by atoms with Crippen molar-refractivity contribution in [2.45, 2.75) is 18.6 Å². The molecule has 1 atom stereocenters. The minimum absolute atomic E-state index is 0.0583. The largest absolute Gasteiger partial charge is 0.507 e. The zero-order chi connectivity index (χ0) is 16.9. The van der Waals surface area contributed by atoms with E-state index in [1.165, 1.54) is 23.5 Å². The SMILES string of the molecule is Cc1ccc(C[C@H]2SC(=NN=Cc3ccccc3O)NC2=O)cc1. The Kier molecular flexibility index (Phi) is 4.96. The number of aryl methyl sites for hydroxylation is 1. The van der Waals surface area contributed by atoms with E-state index in [-0.39, 0.29) is 16.9 Å². The van der Waals surface area contributed by atoms with Crippen LogP contribution in [0.1, 0.15) is 16.7 Å². The van der Waals surface area contributed by atoms with E-state index in [1.54, 1.807) is 24.3 Å². The Bertz CT molecular complexity index is 800.